The minimum atomic E-state index is 0.663. The Morgan fingerprint density at radius 1 is 1.00 bits per heavy atom. The quantitative estimate of drug-likeness (QED) is 0.287. The number of benzene rings is 2. The van der Waals surface area contributed by atoms with Crippen molar-refractivity contribution in [3.8, 4) is 0 Å². The van der Waals surface area contributed by atoms with E-state index in [-0.39, 0.29) is 0 Å². The molecule has 0 aliphatic carbocycles. The first kappa shape index (κ1) is 15.5. The normalized spacial score (nSPS) is 10.9. The number of anilines is 3. The van der Waals surface area contributed by atoms with E-state index in [9.17, 15) is 0 Å². The summed E-state index contributed by atoms with van der Waals surface area (Å²) in [5.74, 6) is 1.49. The number of fused-ring (bicyclic) bond motifs is 1. The fourth-order valence-electron chi connectivity index (χ4n) is 2.43. The van der Waals surface area contributed by atoms with Crippen LogP contribution in [-0.4, -0.2) is 20.2 Å². The van der Waals surface area contributed by atoms with Crippen LogP contribution in [0.15, 0.2) is 66.0 Å². The number of para-hydroxylation sites is 2. The van der Waals surface area contributed by atoms with Crippen LogP contribution in [0.5, 0.6) is 0 Å². The average molecular weight is 348 g/mol. The van der Waals surface area contributed by atoms with E-state index >= 15 is 0 Å². The Labute approximate surface area is 148 Å². The average Bonchev–Trinajstić information content (AvgIpc) is 3.12. The van der Waals surface area contributed by atoms with Gasteiger partial charge in [-0.05, 0) is 17.7 Å². The van der Waals surface area contributed by atoms with Gasteiger partial charge in [0.15, 0.2) is 10.8 Å². The lowest BCUT2D eigenvalue weighted by molar-refractivity contribution is 0.984. The van der Waals surface area contributed by atoms with Gasteiger partial charge in [-0.2, -0.15) is 5.10 Å². The summed E-state index contributed by atoms with van der Waals surface area (Å²) in [6, 6.07) is 17.8. The molecular weight excluding hydrogens is 332 g/mol. The summed E-state index contributed by atoms with van der Waals surface area (Å²) in [4.78, 5) is 9.19. The molecule has 4 rings (SSSR count). The van der Waals surface area contributed by atoms with Gasteiger partial charge >= 0.3 is 0 Å². The Kier molecular flexibility index (Phi) is 4.22. The SMILES string of the molecule is Nc1ccccc1Nc1nc(SCc2ccccc2)nc2[nH]ncc12. The predicted molar refractivity (Wildman–Crippen MR) is 102 cm³/mol. The Morgan fingerprint density at radius 3 is 2.64 bits per heavy atom. The number of hydrogen-bond acceptors (Lipinski definition) is 6. The molecule has 4 N–H and O–H groups in total. The maximum atomic E-state index is 6.03. The number of nitrogens with one attached hydrogen (secondary N) is 2. The molecule has 0 atom stereocenters. The number of hydrogen-bond donors (Lipinski definition) is 3. The molecule has 0 spiro atoms. The van der Waals surface area contributed by atoms with Crippen LogP contribution < -0.4 is 11.1 Å². The van der Waals surface area contributed by atoms with E-state index in [2.05, 4.69) is 37.6 Å². The maximum Gasteiger partial charge on any atom is 0.191 e. The molecule has 0 aliphatic heterocycles. The molecule has 0 amide bonds. The first-order valence-corrected chi connectivity index (χ1v) is 8.77. The summed E-state index contributed by atoms with van der Waals surface area (Å²) >= 11 is 1.58. The Hall–Kier alpha value is -3.06. The van der Waals surface area contributed by atoms with Crippen LogP contribution in [-0.2, 0) is 5.75 Å². The van der Waals surface area contributed by atoms with Crippen molar-refractivity contribution in [2.45, 2.75) is 10.9 Å². The molecule has 2 heterocycles. The molecule has 2 aromatic heterocycles. The summed E-state index contributed by atoms with van der Waals surface area (Å²) in [7, 11) is 0. The highest BCUT2D eigenvalue weighted by Gasteiger charge is 2.11. The first-order valence-electron chi connectivity index (χ1n) is 7.79. The molecule has 0 fully saturated rings. The number of thioether (sulfide) groups is 1. The predicted octanol–water partition coefficient (Wildman–Crippen LogP) is 3.97. The fourth-order valence-corrected chi connectivity index (χ4v) is 3.23. The van der Waals surface area contributed by atoms with Gasteiger partial charge in [0, 0.05) is 5.75 Å². The van der Waals surface area contributed by atoms with E-state index in [1.165, 1.54) is 5.56 Å². The molecule has 2 aromatic carbocycles. The molecule has 0 saturated heterocycles. The largest absolute Gasteiger partial charge is 0.397 e. The van der Waals surface area contributed by atoms with Crippen molar-refractivity contribution in [3.05, 3.63) is 66.4 Å². The highest BCUT2D eigenvalue weighted by atomic mass is 32.2. The van der Waals surface area contributed by atoms with Gasteiger partial charge in [-0.25, -0.2) is 9.97 Å². The smallest absolute Gasteiger partial charge is 0.191 e. The summed E-state index contributed by atoms with van der Waals surface area (Å²) in [5.41, 5.74) is 9.42. The summed E-state index contributed by atoms with van der Waals surface area (Å²) in [5, 5.41) is 11.8. The van der Waals surface area contributed by atoms with Crippen molar-refractivity contribution in [1.29, 1.82) is 0 Å². The van der Waals surface area contributed by atoms with Gasteiger partial charge in [0.2, 0.25) is 0 Å². The van der Waals surface area contributed by atoms with E-state index in [1.807, 2.05) is 42.5 Å². The lowest BCUT2D eigenvalue weighted by Crippen LogP contribution is -2.00. The molecule has 124 valence electrons. The summed E-state index contributed by atoms with van der Waals surface area (Å²) in [6.45, 7) is 0. The van der Waals surface area contributed by atoms with Gasteiger partial charge in [0.1, 0.15) is 5.82 Å². The highest BCUT2D eigenvalue weighted by molar-refractivity contribution is 7.98. The maximum absolute atomic E-state index is 6.03. The van der Waals surface area contributed by atoms with Crippen molar-refractivity contribution in [2.24, 2.45) is 0 Å². The fraction of sp³-hybridized carbons (Fsp3) is 0.0556. The lowest BCUT2D eigenvalue weighted by atomic mass is 10.2. The second-order valence-electron chi connectivity index (χ2n) is 5.47. The van der Waals surface area contributed by atoms with Crippen molar-refractivity contribution >= 4 is 40.0 Å². The van der Waals surface area contributed by atoms with Crippen LogP contribution in [0.1, 0.15) is 5.56 Å². The van der Waals surface area contributed by atoms with Gasteiger partial charge in [-0.1, -0.05) is 54.2 Å². The first-order chi connectivity index (χ1) is 12.3. The number of rotatable bonds is 5. The van der Waals surface area contributed by atoms with E-state index < -0.39 is 0 Å². The van der Waals surface area contributed by atoms with Gasteiger partial charge in [0.25, 0.3) is 0 Å². The van der Waals surface area contributed by atoms with Crippen LogP contribution >= 0.6 is 11.8 Å². The second-order valence-corrected chi connectivity index (χ2v) is 6.42. The van der Waals surface area contributed by atoms with Gasteiger partial charge in [-0.15, -0.1) is 0 Å². The van der Waals surface area contributed by atoms with Gasteiger partial charge < -0.3 is 11.1 Å². The van der Waals surface area contributed by atoms with E-state index in [0.29, 0.717) is 22.3 Å². The minimum absolute atomic E-state index is 0.663. The third-order valence-corrected chi connectivity index (χ3v) is 4.63. The molecule has 0 bridgehead atoms. The third-order valence-electron chi connectivity index (χ3n) is 3.71. The molecule has 7 heteroatoms. The molecular formula is C18H16N6S. The Bertz CT molecular complexity index is 999. The zero-order valence-electron chi connectivity index (χ0n) is 13.3. The molecule has 4 aromatic rings. The second kappa shape index (κ2) is 6.82. The van der Waals surface area contributed by atoms with Crippen LogP contribution in [0.4, 0.5) is 17.2 Å². The van der Waals surface area contributed by atoms with Crippen molar-refractivity contribution in [1.82, 2.24) is 20.2 Å². The van der Waals surface area contributed by atoms with E-state index in [0.717, 1.165) is 16.8 Å². The molecule has 6 nitrogen and oxygen atoms in total. The monoisotopic (exact) mass is 348 g/mol. The van der Waals surface area contributed by atoms with Crippen molar-refractivity contribution in [2.75, 3.05) is 11.1 Å². The standard InChI is InChI=1S/C18H16N6S/c19-14-8-4-5-9-15(14)21-16-13-10-20-24-17(13)23-18(22-16)25-11-12-6-2-1-3-7-12/h1-10H,11,19H2,(H2,20,21,22,23,24). The zero-order valence-corrected chi connectivity index (χ0v) is 14.1. The van der Waals surface area contributed by atoms with Crippen LogP contribution in [0.2, 0.25) is 0 Å². The topological polar surface area (TPSA) is 92.5 Å². The van der Waals surface area contributed by atoms with Crippen LogP contribution in [0, 0.1) is 0 Å². The lowest BCUT2D eigenvalue weighted by Gasteiger charge is -2.10. The van der Waals surface area contributed by atoms with Gasteiger partial charge in [0.05, 0.1) is 23.0 Å². The number of nitrogens with zero attached hydrogens (tertiary/aromatic N) is 3. The molecule has 0 saturated carbocycles. The summed E-state index contributed by atoms with van der Waals surface area (Å²) in [6.07, 6.45) is 1.71. The number of nitrogen functional groups attached to an aromatic ring is 1. The molecule has 0 aliphatic rings. The van der Waals surface area contributed by atoms with Gasteiger partial charge in [-0.3, -0.25) is 5.10 Å². The number of aromatic amines is 1. The highest BCUT2D eigenvalue weighted by Crippen LogP contribution is 2.29. The molecule has 0 unspecified atom stereocenters. The minimum Gasteiger partial charge on any atom is -0.397 e. The van der Waals surface area contributed by atoms with Crippen molar-refractivity contribution in [3.63, 3.8) is 0 Å². The molecule has 25 heavy (non-hydrogen) atoms. The number of H-pyrrole nitrogens is 1. The van der Waals surface area contributed by atoms with Crippen LogP contribution in [0.25, 0.3) is 11.0 Å². The summed E-state index contributed by atoms with van der Waals surface area (Å²) < 4.78 is 0. The number of aromatic nitrogens is 4. The number of nitrogens with two attached hydrogens (primary N) is 1. The van der Waals surface area contributed by atoms with E-state index in [1.54, 1.807) is 18.0 Å². The van der Waals surface area contributed by atoms with Crippen molar-refractivity contribution < 1.29 is 0 Å². The molecule has 0 radical (unpaired) electrons. The third kappa shape index (κ3) is 3.41. The van der Waals surface area contributed by atoms with Crippen LogP contribution in [0.3, 0.4) is 0 Å². The van der Waals surface area contributed by atoms with E-state index in [4.69, 9.17) is 5.73 Å². The Balaban J connectivity index is 1.64. The Morgan fingerprint density at radius 2 is 1.80 bits per heavy atom. The zero-order chi connectivity index (χ0) is 17.1.